The topological polar surface area (TPSA) is 86.7 Å². The number of amides is 1. The predicted octanol–water partition coefficient (Wildman–Crippen LogP) is -0.0648. The van der Waals surface area contributed by atoms with Crippen molar-refractivity contribution in [3.8, 4) is 0 Å². The van der Waals surface area contributed by atoms with Crippen LogP contribution in [-0.4, -0.2) is 55.7 Å². The second-order valence-electron chi connectivity index (χ2n) is 5.93. The zero-order valence-electron chi connectivity index (χ0n) is 11.8. The van der Waals surface area contributed by atoms with Gasteiger partial charge in [-0.25, -0.2) is 8.42 Å². The predicted molar refractivity (Wildman–Crippen MR) is 73.1 cm³/mol. The summed E-state index contributed by atoms with van der Waals surface area (Å²) in [6.07, 6.45) is 3.33. The number of nitrogens with one attached hydrogen (secondary N) is 1. The van der Waals surface area contributed by atoms with Crippen molar-refractivity contribution >= 4 is 15.9 Å². The first-order chi connectivity index (χ1) is 8.67. The number of aliphatic hydroxyl groups is 1. The Labute approximate surface area is 115 Å². The summed E-state index contributed by atoms with van der Waals surface area (Å²) in [6.45, 7) is 4.37. The van der Waals surface area contributed by atoms with Gasteiger partial charge in [-0.1, -0.05) is 20.3 Å². The van der Waals surface area contributed by atoms with Crippen molar-refractivity contribution in [3.63, 3.8) is 0 Å². The number of hydrogen-bond acceptors (Lipinski definition) is 4. The third-order valence-corrected chi connectivity index (χ3v) is 4.64. The Hall–Kier alpha value is -0.660. The van der Waals surface area contributed by atoms with Crippen molar-refractivity contribution in [2.24, 2.45) is 5.41 Å². The maximum absolute atomic E-state index is 12.1. The van der Waals surface area contributed by atoms with Gasteiger partial charge in [-0.3, -0.25) is 4.79 Å². The highest BCUT2D eigenvalue weighted by Crippen LogP contribution is 2.20. The van der Waals surface area contributed by atoms with Gasteiger partial charge < -0.3 is 10.4 Å². The van der Waals surface area contributed by atoms with Crippen molar-refractivity contribution in [2.45, 2.75) is 39.2 Å². The number of hydrogen-bond donors (Lipinski definition) is 2. The molecule has 1 amide bonds. The van der Waals surface area contributed by atoms with Crippen LogP contribution in [0.15, 0.2) is 0 Å². The van der Waals surface area contributed by atoms with E-state index >= 15 is 0 Å². The van der Waals surface area contributed by atoms with Crippen LogP contribution < -0.4 is 5.32 Å². The minimum atomic E-state index is -3.36. The maximum atomic E-state index is 12.1. The fraction of sp³-hybridized carbons (Fsp3) is 0.917. The second-order valence-corrected chi connectivity index (χ2v) is 7.86. The van der Waals surface area contributed by atoms with E-state index in [1.54, 1.807) is 0 Å². The first-order valence-corrected chi connectivity index (χ1v) is 8.37. The van der Waals surface area contributed by atoms with E-state index in [9.17, 15) is 13.2 Å². The summed E-state index contributed by atoms with van der Waals surface area (Å²) in [5.41, 5.74) is -0.403. The molecule has 1 heterocycles. The van der Waals surface area contributed by atoms with E-state index in [-0.39, 0.29) is 12.5 Å². The smallest absolute Gasteiger partial charge is 0.238 e. The summed E-state index contributed by atoms with van der Waals surface area (Å²) >= 11 is 0. The average Bonchev–Trinajstić information content (AvgIpc) is 2.35. The Kier molecular flexibility index (Phi) is 5.34. The van der Waals surface area contributed by atoms with Crippen molar-refractivity contribution < 1.29 is 18.3 Å². The zero-order chi connectivity index (χ0) is 14.7. The van der Waals surface area contributed by atoms with Gasteiger partial charge in [0.1, 0.15) is 6.04 Å². The molecule has 1 fully saturated rings. The maximum Gasteiger partial charge on any atom is 0.238 e. The van der Waals surface area contributed by atoms with Crippen molar-refractivity contribution in [2.75, 3.05) is 26.0 Å². The molecule has 1 aliphatic rings. The van der Waals surface area contributed by atoms with E-state index in [1.807, 2.05) is 13.8 Å². The standard InChI is InChI=1S/C12H24N2O4S/c1-12(2,9-15)8-13-11(16)10-6-4-5-7-14(10)19(3,17)18/h10,15H,4-9H2,1-3H3,(H,13,16). The van der Waals surface area contributed by atoms with Gasteiger partial charge in [0.15, 0.2) is 0 Å². The van der Waals surface area contributed by atoms with Crippen molar-refractivity contribution in [3.05, 3.63) is 0 Å². The molecule has 0 aromatic carbocycles. The number of nitrogens with zero attached hydrogens (tertiary/aromatic N) is 1. The molecule has 0 bridgehead atoms. The highest BCUT2D eigenvalue weighted by molar-refractivity contribution is 7.88. The average molecular weight is 292 g/mol. The van der Waals surface area contributed by atoms with Crippen LogP contribution in [0.3, 0.4) is 0 Å². The van der Waals surface area contributed by atoms with Gasteiger partial charge in [0.25, 0.3) is 0 Å². The Morgan fingerprint density at radius 3 is 2.58 bits per heavy atom. The lowest BCUT2D eigenvalue weighted by Gasteiger charge is -2.33. The fourth-order valence-electron chi connectivity index (χ4n) is 2.06. The van der Waals surface area contributed by atoms with Crippen LogP contribution in [0.5, 0.6) is 0 Å². The van der Waals surface area contributed by atoms with Crippen molar-refractivity contribution in [1.29, 1.82) is 0 Å². The van der Waals surface area contributed by atoms with Crippen LogP contribution in [0, 0.1) is 5.41 Å². The van der Waals surface area contributed by atoms with E-state index < -0.39 is 21.5 Å². The van der Waals surface area contributed by atoms with Crippen LogP contribution in [-0.2, 0) is 14.8 Å². The first kappa shape index (κ1) is 16.4. The molecule has 0 aromatic heterocycles. The Morgan fingerprint density at radius 2 is 2.05 bits per heavy atom. The molecule has 0 spiro atoms. The number of piperidine rings is 1. The van der Waals surface area contributed by atoms with E-state index in [4.69, 9.17) is 5.11 Å². The molecule has 0 aliphatic carbocycles. The van der Waals surface area contributed by atoms with Crippen LogP contribution in [0.1, 0.15) is 33.1 Å². The summed E-state index contributed by atoms with van der Waals surface area (Å²) in [5, 5.41) is 11.9. The van der Waals surface area contributed by atoms with Gasteiger partial charge in [0.2, 0.25) is 15.9 Å². The molecule has 6 nitrogen and oxygen atoms in total. The fourth-order valence-corrected chi connectivity index (χ4v) is 3.19. The zero-order valence-corrected chi connectivity index (χ0v) is 12.7. The third kappa shape index (κ3) is 4.74. The molecule has 0 radical (unpaired) electrons. The third-order valence-electron chi connectivity index (χ3n) is 3.35. The van der Waals surface area contributed by atoms with Crippen LogP contribution in [0.4, 0.5) is 0 Å². The lowest BCUT2D eigenvalue weighted by Crippen LogP contribution is -2.52. The van der Waals surface area contributed by atoms with Crippen LogP contribution in [0.25, 0.3) is 0 Å². The number of carbonyl (C=O) groups excluding carboxylic acids is 1. The lowest BCUT2D eigenvalue weighted by atomic mass is 9.94. The van der Waals surface area contributed by atoms with Crippen LogP contribution >= 0.6 is 0 Å². The molecule has 2 N–H and O–H groups in total. The molecule has 1 aliphatic heterocycles. The minimum absolute atomic E-state index is 0.0340. The molecule has 1 atom stereocenters. The number of aliphatic hydroxyl groups excluding tert-OH is 1. The second kappa shape index (κ2) is 6.19. The molecular weight excluding hydrogens is 268 g/mol. The molecule has 0 aromatic rings. The van der Waals surface area contributed by atoms with Crippen LogP contribution in [0.2, 0.25) is 0 Å². The summed E-state index contributed by atoms with van der Waals surface area (Å²) < 4.78 is 24.6. The van der Waals surface area contributed by atoms with Gasteiger partial charge in [0.05, 0.1) is 6.26 Å². The van der Waals surface area contributed by atoms with E-state index in [0.29, 0.717) is 19.5 Å². The summed E-state index contributed by atoms with van der Waals surface area (Å²) in [4.78, 5) is 12.1. The van der Waals surface area contributed by atoms with E-state index in [1.165, 1.54) is 4.31 Å². The summed E-state index contributed by atoms with van der Waals surface area (Å²) in [5.74, 6) is -0.272. The van der Waals surface area contributed by atoms with E-state index in [2.05, 4.69) is 5.32 Å². The van der Waals surface area contributed by atoms with Gasteiger partial charge in [-0.15, -0.1) is 0 Å². The lowest BCUT2D eigenvalue weighted by molar-refractivity contribution is -0.126. The quantitative estimate of drug-likeness (QED) is 0.743. The normalized spacial score (nSPS) is 22.2. The molecule has 0 saturated carbocycles. The molecule has 19 heavy (non-hydrogen) atoms. The van der Waals surface area contributed by atoms with Gasteiger partial charge in [-0.05, 0) is 12.8 Å². The number of carbonyl (C=O) groups is 1. The monoisotopic (exact) mass is 292 g/mol. The Morgan fingerprint density at radius 1 is 1.42 bits per heavy atom. The van der Waals surface area contributed by atoms with Gasteiger partial charge >= 0.3 is 0 Å². The van der Waals surface area contributed by atoms with Gasteiger partial charge in [0, 0.05) is 25.1 Å². The Balaban J connectivity index is 2.68. The highest BCUT2D eigenvalue weighted by Gasteiger charge is 2.34. The first-order valence-electron chi connectivity index (χ1n) is 6.53. The minimum Gasteiger partial charge on any atom is -0.396 e. The Bertz CT molecular complexity index is 419. The molecule has 1 rings (SSSR count). The molecule has 7 heteroatoms. The molecule has 1 unspecified atom stereocenters. The van der Waals surface area contributed by atoms with Gasteiger partial charge in [-0.2, -0.15) is 4.31 Å². The number of rotatable bonds is 5. The molecule has 112 valence electrons. The van der Waals surface area contributed by atoms with Crippen molar-refractivity contribution in [1.82, 2.24) is 9.62 Å². The SMILES string of the molecule is CC(C)(CO)CNC(=O)C1CCCCN1S(C)(=O)=O. The number of sulfonamides is 1. The summed E-state index contributed by atoms with van der Waals surface area (Å²) in [6, 6.07) is -0.613. The van der Waals surface area contributed by atoms with E-state index in [0.717, 1.165) is 19.1 Å². The molecular formula is C12H24N2O4S. The largest absolute Gasteiger partial charge is 0.396 e. The summed E-state index contributed by atoms with van der Waals surface area (Å²) in [7, 11) is -3.36. The molecule has 1 saturated heterocycles. The highest BCUT2D eigenvalue weighted by atomic mass is 32.2.